The Balaban J connectivity index is 1.85. The minimum atomic E-state index is -3.60. The molecular weight excluding hydrogens is 338 g/mol. The van der Waals surface area contributed by atoms with Crippen molar-refractivity contribution in [3.63, 3.8) is 0 Å². The smallest absolute Gasteiger partial charge is 0.253 e. The van der Waals surface area contributed by atoms with Crippen LogP contribution in [0, 0.1) is 0 Å². The number of carbonyl (C=O) groups is 1. The van der Waals surface area contributed by atoms with Gasteiger partial charge in [0.2, 0.25) is 10.0 Å². The molecule has 0 atom stereocenters. The molecule has 126 valence electrons. The van der Waals surface area contributed by atoms with Crippen LogP contribution < -0.4 is 5.32 Å². The summed E-state index contributed by atoms with van der Waals surface area (Å²) in [5.74, 6) is -0.312. The fourth-order valence-corrected chi connectivity index (χ4v) is 4.16. The highest BCUT2D eigenvalue weighted by Crippen LogP contribution is 2.25. The molecule has 2 aliphatic rings. The van der Waals surface area contributed by atoms with Gasteiger partial charge in [-0.25, -0.2) is 8.42 Å². The van der Waals surface area contributed by atoms with Crippen LogP contribution in [0.3, 0.4) is 0 Å². The Hall–Kier alpha value is -1.15. The summed E-state index contributed by atoms with van der Waals surface area (Å²) in [6, 6.07) is 4.51. The van der Waals surface area contributed by atoms with Crippen LogP contribution >= 0.6 is 11.6 Å². The Kier molecular flexibility index (Phi) is 4.64. The lowest BCUT2D eigenvalue weighted by Crippen LogP contribution is -2.47. The van der Waals surface area contributed by atoms with Crippen molar-refractivity contribution in [2.75, 3.05) is 33.2 Å². The Bertz CT molecular complexity index is 711. The molecule has 1 amide bonds. The number of rotatable bonds is 4. The van der Waals surface area contributed by atoms with Gasteiger partial charge in [0.1, 0.15) is 0 Å². The van der Waals surface area contributed by atoms with Gasteiger partial charge in [0, 0.05) is 32.2 Å². The number of carbonyl (C=O) groups excluding carboxylic acids is 1. The van der Waals surface area contributed by atoms with Gasteiger partial charge in [-0.2, -0.15) is 4.31 Å². The topological polar surface area (TPSA) is 69.7 Å². The number of nitrogens with zero attached hydrogens (tertiary/aromatic N) is 2. The van der Waals surface area contributed by atoms with Gasteiger partial charge in [-0.3, -0.25) is 4.79 Å². The molecule has 0 bridgehead atoms. The monoisotopic (exact) mass is 357 g/mol. The number of hydrogen-bond donors (Lipinski definition) is 1. The Morgan fingerprint density at radius 3 is 2.48 bits per heavy atom. The number of piperazine rings is 1. The highest BCUT2D eigenvalue weighted by Gasteiger charge is 2.29. The largest absolute Gasteiger partial charge is 0.349 e. The molecule has 1 heterocycles. The highest BCUT2D eigenvalue weighted by molar-refractivity contribution is 7.89. The second kappa shape index (κ2) is 6.39. The third-order valence-corrected chi connectivity index (χ3v) is 6.42. The minimum Gasteiger partial charge on any atom is -0.349 e. The molecular formula is C15H20ClN3O3S. The number of benzene rings is 1. The fraction of sp³-hybridized carbons (Fsp3) is 0.533. The third-order valence-electron chi connectivity index (χ3n) is 4.20. The molecule has 0 spiro atoms. The molecule has 1 aromatic carbocycles. The number of amides is 1. The van der Waals surface area contributed by atoms with Gasteiger partial charge in [-0.15, -0.1) is 0 Å². The lowest BCUT2D eigenvalue weighted by molar-refractivity contribution is 0.0951. The van der Waals surface area contributed by atoms with Crippen molar-refractivity contribution >= 4 is 27.5 Å². The number of halogens is 1. The summed E-state index contributed by atoms with van der Waals surface area (Å²) in [5.41, 5.74) is 0.216. The average Bonchev–Trinajstić information content (AvgIpc) is 3.31. The molecule has 2 fully saturated rings. The van der Waals surface area contributed by atoms with Gasteiger partial charge in [0.05, 0.1) is 15.5 Å². The Morgan fingerprint density at radius 2 is 1.87 bits per heavy atom. The summed E-state index contributed by atoms with van der Waals surface area (Å²) in [4.78, 5) is 14.4. The van der Waals surface area contributed by atoms with E-state index in [0.717, 1.165) is 12.8 Å². The van der Waals surface area contributed by atoms with Gasteiger partial charge in [-0.05, 0) is 38.1 Å². The Morgan fingerprint density at radius 1 is 1.22 bits per heavy atom. The molecule has 1 saturated heterocycles. The van der Waals surface area contributed by atoms with E-state index >= 15 is 0 Å². The zero-order valence-electron chi connectivity index (χ0n) is 13.0. The fourth-order valence-electron chi connectivity index (χ4n) is 2.51. The molecule has 3 rings (SSSR count). The van der Waals surface area contributed by atoms with Crippen LogP contribution in [0.5, 0.6) is 0 Å². The van der Waals surface area contributed by atoms with Crippen LogP contribution in [-0.4, -0.2) is 62.8 Å². The quantitative estimate of drug-likeness (QED) is 0.878. The number of hydrogen-bond acceptors (Lipinski definition) is 4. The van der Waals surface area contributed by atoms with Gasteiger partial charge in [0.25, 0.3) is 5.91 Å². The Labute approximate surface area is 141 Å². The molecule has 0 aromatic heterocycles. The van der Waals surface area contributed by atoms with Crippen LogP contribution in [0.4, 0.5) is 0 Å². The van der Waals surface area contributed by atoms with Gasteiger partial charge >= 0.3 is 0 Å². The summed E-state index contributed by atoms with van der Waals surface area (Å²) >= 11 is 6.07. The van der Waals surface area contributed by atoms with E-state index in [2.05, 4.69) is 10.2 Å². The van der Waals surface area contributed by atoms with Gasteiger partial charge < -0.3 is 10.2 Å². The summed E-state index contributed by atoms with van der Waals surface area (Å²) < 4.78 is 27.0. The van der Waals surface area contributed by atoms with E-state index in [1.54, 1.807) is 0 Å². The van der Waals surface area contributed by atoms with Crippen molar-refractivity contribution in [2.24, 2.45) is 0 Å². The maximum Gasteiger partial charge on any atom is 0.253 e. The zero-order valence-corrected chi connectivity index (χ0v) is 14.5. The van der Waals surface area contributed by atoms with Crippen molar-refractivity contribution in [3.8, 4) is 0 Å². The van der Waals surface area contributed by atoms with E-state index in [-0.39, 0.29) is 27.4 Å². The van der Waals surface area contributed by atoms with Crippen molar-refractivity contribution in [1.29, 1.82) is 0 Å². The first-order valence-electron chi connectivity index (χ1n) is 7.67. The number of sulfonamides is 1. The van der Waals surface area contributed by atoms with Crippen molar-refractivity contribution in [1.82, 2.24) is 14.5 Å². The van der Waals surface area contributed by atoms with E-state index in [0.29, 0.717) is 26.2 Å². The summed E-state index contributed by atoms with van der Waals surface area (Å²) in [6.07, 6.45) is 1.92. The van der Waals surface area contributed by atoms with E-state index in [4.69, 9.17) is 11.6 Å². The van der Waals surface area contributed by atoms with Gasteiger partial charge in [0.15, 0.2) is 0 Å². The van der Waals surface area contributed by atoms with E-state index in [1.165, 1.54) is 22.5 Å². The van der Waals surface area contributed by atoms with Crippen LogP contribution in [0.2, 0.25) is 5.02 Å². The second-order valence-corrected chi connectivity index (χ2v) is 8.44. The van der Waals surface area contributed by atoms with Crippen LogP contribution in [0.15, 0.2) is 23.1 Å². The summed E-state index contributed by atoms with van der Waals surface area (Å²) in [5, 5.41) is 3.10. The normalized spacial score (nSPS) is 20.4. The first-order chi connectivity index (χ1) is 10.9. The van der Waals surface area contributed by atoms with Gasteiger partial charge in [-0.1, -0.05) is 11.6 Å². The van der Waals surface area contributed by atoms with Crippen molar-refractivity contribution < 1.29 is 13.2 Å². The first-order valence-corrected chi connectivity index (χ1v) is 9.49. The predicted octanol–water partition coefficient (Wildman–Crippen LogP) is 1.17. The molecule has 1 saturated carbocycles. The van der Waals surface area contributed by atoms with Crippen LogP contribution in [0.1, 0.15) is 23.2 Å². The average molecular weight is 358 g/mol. The first kappa shape index (κ1) is 16.7. The highest BCUT2D eigenvalue weighted by atomic mass is 35.5. The predicted molar refractivity (Wildman–Crippen MR) is 88.2 cm³/mol. The number of nitrogens with one attached hydrogen (secondary N) is 1. The third kappa shape index (κ3) is 3.68. The molecule has 1 aliphatic heterocycles. The molecule has 8 heteroatoms. The molecule has 1 aromatic rings. The lowest BCUT2D eigenvalue weighted by atomic mass is 10.2. The van der Waals surface area contributed by atoms with Crippen molar-refractivity contribution in [3.05, 3.63) is 28.8 Å². The maximum absolute atomic E-state index is 12.7. The number of likely N-dealkylation sites (N-methyl/N-ethyl adjacent to an activating group) is 1. The molecule has 23 heavy (non-hydrogen) atoms. The molecule has 0 radical (unpaired) electrons. The molecule has 6 nitrogen and oxygen atoms in total. The SMILES string of the molecule is CN1CCN(S(=O)(=O)c2ccc(Cl)c(C(=O)NC3CC3)c2)CC1. The van der Waals surface area contributed by atoms with E-state index < -0.39 is 10.0 Å². The van der Waals surface area contributed by atoms with Crippen LogP contribution in [-0.2, 0) is 10.0 Å². The van der Waals surface area contributed by atoms with Crippen molar-refractivity contribution in [2.45, 2.75) is 23.8 Å². The standard InChI is InChI=1S/C15H20ClN3O3S/c1-18-6-8-19(9-7-18)23(21,22)12-4-5-14(16)13(10-12)15(20)17-11-2-3-11/h4-5,10-11H,2-3,6-9H2,1H3,(H,17,20). The minimum absolute atomic E-state index is 0.118. The maximum atomic E-state index is 12.7. The second-order valence-electron chi connectivity index (χ2n) is 6.10. The summed E-state index contributed by atoms with van der Waals surface area (Å²) in [6.45, 7) is 2.29. The van der Waals surface area contributed by atoms with Crippen LogP contribution in [0.25, 0.3) is 0 Å². The summed E-state index contributed by atoms with van der Waals surface area (Å²) in [7, 11) is -1.64. The zero-order chi connectivity index (χ0) is 16.6. The van der Waals surface area contributed by atoms with E-state index in [1.807, 2.05) is 7.05 Å². The molecule has 0 unspecified atom stereocenters. The molecule has 1 aliphatic carbocycles. The molecule has 1 N–H and O–H groups in total. The lowest BCUT2D eigenvalue weighted by Gasteiger charge is -2.31. The van der Waals surface area contributed by atoms with E-state index in [9.17, 15) is 13.2 Å².